The van der Waals surface area contributed by atoms with Crippen LogP contribution in [-0.2, 0) is 11.2 Å². The third-order valence-electron chi connectivity index (χ3n) is 3.65. The number of aromatic carboxylic acids is 1. The van der Waals surface area contributed by atoms with Gasteiger partial charge in [-0.3, -0.25) is 0 Å². The van der Waals surface area contributed by atoms with E-state index >= 15 is 0 Å². The molecule has 1 N–H and O–H groups in total. The Morgan fingerprint density at radius 3 is 2.75 bits per heavy atom. The number of nitrogens with zero attached hydrogens (tertiary/aromatic N) is 2. The van der Waals surface area contributed by atoms with Crippen LogP contribution in [0.25, 0.3) is 0 Å². The summed E-state index contributed by atoms with van der Waals surface area (Å²) >= 11 is 1.31. The summed E-state index contributed by atoms with van der Waals surface area (Å²) in [6.45, 7) is 4.73. The third-order valence-corrected chi connectivity index (χ3v) is 4.80. The maximum absolute atomic E-state index is 11.3. The number of carbonyl (C=O) groups is 1. The van der Waals surface area contributed by atoms with Gasteiger partial charge in [-0.05, 0) is 25.2 Å². The summed E-state index contributed by atoms with van der Waals surface area (Å²) in [7, 11) is 1.74. The largest absolute Gasteiger partial charge is 0.477 e. The highest BCUT2D eigenvalue weighted by molar-refractivity contribution is 7.17. The maximum atomic E-state index is 11.3. The van der Waals surface area contributed by atoms with E-state index in [1.54, 1.807) is 7.11 Å². The number of carboxylic acid groups (broad SMARTS) is 1. The summed E-state index contributed by atoms with van der Waals surface area (Å²) in [4.78, 5) is 18.4. The van der Waals surface area contributed by atoms with E-state index in [-0.39, 0.29) is 0 Å². The van der Waals surface area contributed by atoms with Gasteiger partial charge in [-0.25, -0.2) is 9.78 Å². The molecule has 0 saturated carbocycles. The zero-order chi connectivity index (χ0) is 14.5. The van der Waals surface area contributed by atoms with Crippen molar-refractivity contribution in [2.24, 2.45) is 5.92 Å². The van der Waals surface area contributed by atoms with Crippen molar-refractivity contribution in [3.8, 4) is 0 Å². The fourth-order valence-corrected chi connectivity index (χ4v) is 3.58. The van der Waals surface area contributed by atoms with Crippen LogP contribution in [-0.4, -0.2) is 42.9 Å². The molecule has 1 fully saturated rings. The molecular weight excluding hydrogens is 276 g/mol. The number of aromatic nitrogens is 1. The second kappa shape index (κ2) is 7.04. The van der Waals surface area contributed by atoms with Gasteiger partial charge in [0.2, 0.25) is 0 Å². The van der Waals surface area contributed by atoms with Crippen LogP contribution in [0.15, 0.2) is 0 Å². The predicted molar refractivity (Wildman–Crippen MR) is 79.9 cm³/mol. The Labute approximate surface area is 123 Å². The molecule has 0 aromatic carbocycles. The van der Waals surface area contributed by atoms with E-state index in [1.807, 2.05) is 6.92 Å². The van der Waals surface area contributed by atoms with E-state index in [0.717, 1.165) is 56.2 Å². The first-order valence-electron chi connectivity index (χ1n) is 7.12. The summed E-state index contributed by atoms with van der Waals surface area (Å²) in [5, 5.41) is 10.1. The number of ether oxygens (including phenoxy) is 1. The van der Waals surface area contributed by atoms with E-state index in [2.05, 4.69) is 9.88 Å². The highest BCUT2D eigenvalue weighted by atomic mass is 32.1. The highest BCUT2D eigenvalue weighted by Gasteiger charge is 2.24. The fraction of sp³-hybridized carbons (Fsp3) is 0.714. The van der Waals surface area contributed by atoms with E-state index < -0.39 is 5.97 Å². The number of piperidine rings is 1. The van der Waals surface area contributed by atoms with Crippen molar-refractivity contribution in [3.05, 3.63) is 10.6 Å². The second-order valence-corrected chi connectivity index (χ2v) is 6.19. The number of methoxy groups -OCH3 is 1. The normalized spacial score (nSPS) is 16.6. The number of thiazole rings is 1. The monoisotopic (exact) mass is 298 g/mol. The predicted octanol–water partition coefficient (Wildman–Crippen LogP) is 2.66. The lowest BCUT2D eigenvalue weighted by Crippen LogP contribution is -2.34. The smallest absolute Gasteiger partial charge is 0.347 e. The van der Waals surface area contributed by atoms with Crippen molar-refractivity contribution in [2.45, 2.75) is 32.6 Å². The van der Waals surface area contributed by atoms with Crippen LogP contribution in [0.2, 0.25) is 0 Å². The van der Waals surface area contributed by atoms with Crippen LogP contribution in [0, 0.1) is 5.92 Å². The maximum Gasteiger partial charge on any atom is 0.347 e. The molecule has 0 spiro atoms. The summed E-state index contributed by atoms with van der Waals surface area (Å²) in [6.07, 6.45) is 3.81. The molecule has 0 atom stereocenters. The van der Waals surface area contributed by atoms with E-state index in [4.69, 9.17) is 4.74 Å². The number of hydrogen-bond acceptors (Lipinski definition) is 5. The van der Waals surface area contributed by atoms with Gasteiger partial charge < -0.3 is 14.7 Å². The van der Waals surface area contributed by atoms with Crippen molar-refractivity contribution in [2.75, 3.05) is 31.7 Å². The molecule has 1 aliphatic rings. The van der Waals surface area contributed by atoms with Crippen molar-refractivity contribution in [3.63, 3.8) is 0 Å². The number of carboxylic acids is 1. The van der Waals surface area contributed by atoms with Crippen LogP contribution in [0.1, 0.15) is 41.6 Å². The molecule has 0 unspecified atom stereocenters. The Balaban J connectivity index is 2.06. The van der Waals surface area contributed by atoms with E-state index in [0.29, 0.717) is 10.8 Å². The molecule has 1 saturated heterocycles. The van der Waals surface area contributed by atoms with Gasteiger partial charge in [0.15, 0.2) is 5.13 Å². The first-order valence-corrected chi connectivity index (χ1v) is 7.94. The topological polar surface area (TPSA) is 62.7 Å². The minimum absolute atomic E-state index is 0.404. The number of aryl methyl sites for hydroxylation is 1. The van der Waals surface area contributed by atoms with Crippen LogP contribution in [0.3, 0.4) is 0 Å². The minimum atomic E-state index is -0.855. The Morgan fingerprint density at radius 1 is 1.50 bits per heavy atom. The van der Waals surface area contributed by atoms with Crippen LogP contribution >= 0.6 is 11.3 Å². The zero-order valence-electron chi connectivity index (χ0n) is 12.1. The van der Waals surface area contributed by atoms with Gasteiger partial charge in [-0.2, -0.15) is 0 Å². The van der Waals surface area contributed by atoms with Crippen LogP contribution in [0.4, 0.5) is 5.13 Å². The zero-order valence-corrected chi connectivity index (χ0v) is 12.9. The van der Waals surface area contributed by atoms with E-state index in [1.165, 1.54) is 11.3 Å². The molecule has 2 heterocycles. The SMILES string of the molecule is CCCc1nc(N2CCC(COC)CC2)sc1C(=O)O. The van der Waals surface area contributed by atoms with Crippen molar-refractivity contribution in [1.29, 1.82) is 0 Å². The van der Waals surface area contributed by atoms with Crippen molar-refractivity contribution >= 4 is 22.4 Å². The number of rotatable bonds is 6. The molecule has 5 nitrogen and oxygen atoms in total. The van der Waals surface area contributed by atoms with Gasteiger partial charge in [0.1, 0.15) is 4.88 Å². The summed E-state index contributed by atoms with van der Waals surface area (Å²) in [6, 6.07) is 0. The van der Waals surface area contributed by atoms with Gasteiger partial charge in [0.25, 0.3) is 0 Å². The molecule has 0 bridgehead atoms. The van der Waals surface area contributed by atoms with Crippen LogP contribution < -0.4 is 4.90 Å². The van der Waals surface area contributed by atoms with Gasteiger partial charge in [-0.15, -0.1) is 0 Å². The molecule has 2 rings (SSSR count). The molecule has 6 heteroatoms. The van der Waals surface area contributed by atoms with Gasteiger partial charge in [0, 0.05) is 26.8 Å². The minimum Gasteiger partial charge on any atom is -0.477 e. The molecule has 1 aromatic rings. The van der Waals surface area contributed by atoms with E-state index in [9.17, 15) is 9.90 Å². The highest BCUT2D eigenvalue weighted by Crippen LogP contribution is 2.30. The summed E-state index contributed by atoms with van der Waals surface area (Å²) < 4.78 is 5.20. The second-order valence-electron chi connectivity index (χ2n) is 5.21. The molecule has 1 aromatic heterocycles. The summed E-state index contributed by atoms with van der Waals surface area (Å²) in [5.41, 5.74) is 0.735. The van der Waals surface area contributed by atoms with Gasteiger partial charge >= 0.3 is 5.97 Å². The van der Waals surface area contributed by atoms with Gasteiger partial charge in [0.05, 0.1) is 5.69 Å². The lowest BCUT2D eigenvalue weighted by molar-refractivity contribution is 0.0700. The lowest BCUT2D eigenvalue weighted by atomic mass is 9.98. The Morgan fingerprint density at radius 2 is 2.20 bits per heavy atom. The quantitative estimate of drug-likeness (QED) is 0.875. The van der Waals surface area contributed by atoms with Crippen molar-refractivity contribution < 1.29 is 14.6 Å². The Bertz CT molecular complexity index is 453. The molecule has 0 amide bonds. The summed E-state index contributed by atoms with van der Waals surface area (Å²) in [5.74, 6) is -0.239. The number of hydrogen-bond donors (Lipinski definition) is 1. The Hall–Kier alpha value is -1.14. The molecule has 1 aliphatic heterocycles. The molecule has 0 aliphatic carbocycles. The first-order chi connectivity index (χ1) is 9.65. The first kappa shape index (κ1) is 15.3. The van der Waals surface area contributed by atoms with Gasteiger partial charge in [-0.1, -0.05) is 24.7 Å². The van der Waals surface area contributed by atoms with Crippen LogP contribution in [0.5, 0.6) is 0 Å². The fourth-order valence-electron chi connectivity index (χ4n) is 2.57. The molecule has 20 heavy (non-hydrogen) atoms. The number of anilines is 1. The average molecular weight is 298 g/mol. The molecular formula is C14H22N2O3S. The third kappa shape index (κ3) is 3.49. The molecule has 0 radical (unpaired) electrons. The average Bonchev–Trinajstić information content (AvgIpc) is 2.85. The Kier molecular flexibility index (Phi) is 5.37. The lowest BCUT2D eigenvalue weighted by Gasteiger charge is -2.31. The standard InChI is InChI=1S/C14H22N2O3S/c1-3-4-11-12(13(17)18)20-14(15-11)16-7-5-10(6-8-16)9-19-2/h10H,3-9H2,1-2H3,(H,17,18). The van der Waals surface area contributed by atoms with Crippen molar-refractivity contribution in [1.82, 2.24) is 4.98 Å². The molecule has 112 valence electrons.